The second kappa shape index (κ2) is 13.3. The topological polar surface area (TPSA) is 94.9 Å². The predicted octanol–water partition coefficient (Wildman–Crippen LogP) is 2.87. The second-order valence-corrected chi connectivity index (χ2v) is 11.3. The van der Waals surface area contributed by atoms with E-state index in [0.29, 0.717) is 49.7 Å². The SMILES string of the molecule is C[C@H](Nc1nc(N2CCOCC2)cc(-n2c(C(F)F)nc3ccccc32)n1)C(=O)N(CCN(C)C)C1CCN(C)CC1. The molecule has 2 aliphatic rings. The van der Waals surface area contributed by atoms with E-state index >= 15 is 0 Å². The molecule has 0 unspecified atom stereocenters. The molecule has 11 nitrogen and oxygen atoms in total. The maximum absolute atomic E-state index is 14.2. The van der Waals surface area contributed by atoms with E-state index < -0.39 is 18.3 Å². The summed E-state index contributed by atoms with van der Waals surface area (Å²) in [6, 6.07) is 8.21. The van der Waals surface area contributed by atoms with Crippen LogP contribution in [0.25, 0.3) is 16.9 Å². The molecule has 4 heterocycles. The molecule has 2 aromatic heterocycles. The van der Waals surface area contributed by atoms with Gasteiger partial charge in [0.15, 0.2) is 5.82 Å². The number of alkyl halides is 2. The van der Waals surface area contributed by atoms with Gasteiger partial charge in [-0.25, -0.2) is 13.8 Å². The molecular formula is C29H41F2N9O2. The summed E-state index contributed by atoms with van der Waals surface area (Å²) >= 11 is 0. The molecule has 42 heavy (non-hydrogen) atoms. The Hall–Kier alpha value is -3.42. The number of halogens is 2. The summed E-state index contributed by atoms with van der Waals surface area (Å²) < 4.78 is 35.3. The van der Waals surface area contributed by atoms with Gasteiger partial charge in [-0.05, 0) is 66.1 Å². The highest BCUT2D eigenvalue weighted by Gasteiger charge is 2.31. The maximum Gasteiger partial charge on any atom is 0.296 e. The predicted molar refractivity (Wildman–Crippen MR) is 159 cm³/mol. The summed E-state index contributed by atoms with van der Waals surface area (Å²) in [6.45, 7) is 7.33. The number of benzene rings is 1. The van der Waals surface area contributed by atoms with Gasteiger partial charge in [0.25, 0.3) is 6.43 Å². The number of anilines is 2. The van der Waals surface area contributed by atoms with Gasteiger partial charge >= 0.3 is 0 Å². The molecule has 0 saturated carbocycles. The summed E-state index contributed by atoms with van der Waals surface area (Å²) in [4.78, 5) is 35.9. The maximum atomic E-state index is 14.2. The zero-order valence-corrected chi connectivity index (χ0v) is 24.8. The third kappa shape index (κ3) is 6.79. The van der Waals surface area contributed by atoms with E-state index in [2.05, 4.69) is 32.1 Å². The highest BCUT2D eigenvalue weighted by Crippen LogP contribution is 2.29. The zero-order chi connectivity index (χ0) is 29.8. The molecule has 0 radical (unpaired) electrons. The summed E-state index contributed by atoms with van der Waals surface area (Å²) in [7, 11) is 6.10. The van der Waals surface area contributed by atoms with Gasteiger partial charge < -0.3 is 29.7 Å². The Morgan fingerprint density at radius 3 is 2.43 bits per heavy atom. The monoisotopic (exact) mass is 585 g/mol. The molecule has 0 aliphatic carbocycles. The Bertz CT molecular complexity index is 1350. The number of rotatable bonds is 10. The molecule has 2 saturated heterocycles. The fourth-order valence-corrected chi connectivity index (χ4v) is 5.58. The van der Waals surface area contributed by atoms with E-state index in [-0.39, 0.29) is 23.7 Å². The van der Waals surface area contributed by atoms with Crippen molar-refractivity contribution < 1.29 is 18.3 Å². The molecule has 1 aromatic carbocycles. The van der Waals surface area contributed by atoms with Crippen molar-refractivity contribution in [3.63, 3.8) is 0 Å². The molecule has 5 rings (SSSR count). The van der Waals surface area contributed by atoms with Crippen LogP contribution in [-0.2, 0) is 9.53 Å². The van der Waals surface area contributed by atoms with Crippen LogP contribution in [0.15, 0.2) is 30.3 Å². The van der Waals surface area contributed by atoms with Crippen molar-refractivity contribution in [2.24, 2.45) is 0 Å². The van der Waals surface area contributed by atoms with Crippen molar-refractivity contribution in [3.05, 3.63) is 36.2 Å². The minimum atomic E-state index is -2.81. The molecule has 2 fully saturated rings. The normalized spacial score (nSPS) is 17.8. The number of hydrogen-bond donors (Lipinski definition) is 1. The summed E-state index contributed by atoms with van der Waals surface area (Å²) in [5.74, 6) is 0.606. The first-order chi connectivity index (χ1) is 20.2. The van der Waals surface area contributed by atoms with Crippen LogP contribution in [0.5, 0.6) is 0 Å². The number of nitrogens with zero attached hydrogens (tertiary/aromatic N) is 8. The van der Waals surface area contributed by atoms with E-state index in [1.165, 1.54) is 4.57 Å². The second-order valence-electron chi connectivity index (χ2n) is 11.3. The van der Waals surface area contributed by atoms with Gasteiger partial charge in [-0.3, -0.25) is 9.36 Å². The number of nitrogens with one attached hydrogen (secondary N) is 1. The van der Waals surface area contributed by atoms with Gasteiger partial charge in [0, 0.05) is 38.3 Å². The third-order valence-corrected chi connectivity index (χ3v) is 7.96. The lowest BCUT2D eigenvalue weighted by Crippen LogP contribution is -2.52. The minimum absolute atomic E-state index is 0.0327. The van der Waals surface area contributed by atoms with Gasteiger partial charge in [0.2, 0.25) is 11.9 Å². The summed E-state index contributed by atoms with van der Waals surface area (Å²) in [5.41, 5.74) is 0.971. The number of ether oxygens (including phenoxy) is 1. The van der Waals surface area contributed by atoms with Crippen LogP contribution in [-0.4, -0.2) is 126 Å². The van der Waals surface area contributed by atoms with Crippen LogP contribution in [0.3, 0.4) is 0 Å². The van der Waals surface area contributed by atoms with Crippen LogP contribution in [0.4, 0.5) is 20.5 Å². The smallest absolute Gasteiger partial charge is 0.296 e. The number of fused-ring (bicyclic) bond motifs is 1. The number of likely N-dealkylation sites (tertiary alicyclic amines) is 1. The Morgan fingerprint density at radius 2 is 1.74 bits per heavy atom. The largest absolute Gasteiger partial charge is 0.378 e. The molecule has 2 aliphatic heterocycles. The molecule has 0 spiro atoms. The first-order valence-corrected chi connectivity index (χ1v) is 14.6. The molecule has 13 heteroatoms. The lowest BCUT2D eigenvalue weighted by molar-refractivity contribution is -0.135. The molecule has 1 N–H and O–H groups in total. The van der Waals surface area contributed by atoms with Crippen molar-refractivity contribution in [1.29, 1.82) is 0 Å². The molecular weight excluding hydrogens is 544 g/mol. The average Bonchev–Trinajstić information content (AvgIpc) is 3.38. The number of imidazole rings is 1. The number of likely N-dealkylation sites (N-methyl/N-ethyl adjacent to an activating group) is 1. The van der Waals surface area contributed by atoms with Crippen molar-refractivity contribution in [2.45, 2.75) is 38.3 Å². The average molecular weight is 586 g/mol. The Morgan fingerprint density at radius 1 is 1.05 bits per heavy atom. The zero-order valence-electron chi connectivity index (χ0n) is 24.8. The molecule has 0 bridgehead atoms. The highest BCUT2D eigenvalue weighted by molar-refractivity contribution is 5.84. The summed E-state index contributed by atoms with van der Waals surface area (Å²) in [5, 5.41) is 3.22. The number of carbonyl (C=O) groups is 1. The van der Waals surface area contributed by atoms with Crippen LogP contribution < -0.4 is 10.2 Å². The van der Waals surface area contributed by atoms with E-state index in [1.807, 2.05) is 30.8 Å². The standard InChI is InChI=1S/C29H41F2N9O2/c1-20(28(41)39(14-13-36(2)3)21-9-11-37(4)12-10-21)32-29-34-24(38-15-17-42-18-16-38)19-25(35-29)40-23-8-6-5-7-22(23)33-27(40)26(30)31/h5-8,19-21,26H,9-18H2,1-4H3,(H,32,34,35)/t20-/m0/s1. The number of carbonyl (C=O) groups excluding carboxylic acids is 1. The van der Waals surface area contributed by atoms with E-state index in [1.54, 1.807) is 30.3 Å². The van der Waals surface area contributed by atoms with E-state index in [0.717, 1.165) is 32.5 Å². The van der Waals surface area contributed by atoms with E-state index in [9.17, 15) is 13.6 Å². The van der Waals surface area contributed by atoms with Gasteiger partial charge in [0.1, 0.15) is 17.7 Å². The van der Waals surface area contributed by atoms with Crippen molar-refractivity contribution in [2.75, 3.05) is 83.8 Å². The van der Waals surface area contributed by atoms with Crippen molar-refractivity contribution in [1.82, 2.24) is 34.2 Å². The fourth-order valence-electron chi connectivity index (χ4n) is 5.58. The Kier molecular flexibility index (Phi) is 9.49. The first-order valence-electron chi connectivity index (χ1n) is 14.6. The Labute approximate surface area is 245 Å². The Balaban J connectivity index is 1.48. The van der Waals surface area contributed by atoms with Gasteiger partial charge in [-0.1, -0.05) is 12.1 Å². The third-order valence-electron chi connectivity index (χ3n) is 7.96. The van der Waals surface area contributed by atoms with Crippen LogP contribution >= 0.6 is 0 Å². The number of hydrogen-bond acceptors (Lipinski definition) is 9. The van der Waals surface area contributed by atoms with Crippen LogP contribution in [0.2, 0.25) is 0 Å². The van der Waals surface area contributed by atoms with Crippen LogP contribution in [0.1, 0.15) is 32.0 Å². The van der Waals surface area contributed by atoms with E-state index in [4.69, 9.17) is 9.72 Å². The van der Waals surface area contributed by atoms with Gasteiger partial charge in [-0.2, -0.15) is 9.97 Å². The molecule has 1 amide bonds. The lowest BCUT2D eigenvalue weighted by atomic mass is 10.0. The van der Waals surface area contributed by atoms with Crippen LogP contribution in [0, 0.1) is 0 Å². The van der Waals surface area contributed by atoms with Gasteiger partial charge in [0.05, 0.1) is 24.2 Å². The highest BCUT2D eigenvalue weighted by atomic mass is 19.3. The minimum Gasteiger partial charge on any atom is -0.378 e. The molecule has 3 aromatic rings. The number of para-hydroxylation sites is 2. The quantitative estimate of drug-likeness (QED) is 0.386. The van der Waals surface area contributed by atoms with Gasteiger partial charge in [-0.15, -0.1) is 0 Å². The first kappa shape index (κ1) is 30.1. The van der Waals surface area contributed by atoms with Crippen molar-refractivity contribution >= 4 is 28.7 Å². The number of amides is 1. The van der Waals surface area contributed by atoms with Crippen molar-refractivity contribution in [3.8, 4) is 5.82 Å². The number of morpholine rings is 1. The lowest BCUT2D eigenvalue weighted by Gasteiger charge is -2.39. The molecule has 228 valence electrons. The fraction of sp³-hybridized carbons (Fsp3) is 0.586. The number of aromatic nitrogens is 4. The number of piperidine rings is 1. The summed E-state index contributed by atoms with van der Waals surface area (Å²) in [6.07, 6.45) is -0.977. The molecule has 1 atom stereocenters.